The molecule has 9 heavy (non-hydrogen) atoms. The van der Waals surface area contributed by atoms with Gasteiger partial charge in [0.1, 0.15) is 8.64 Å². The molecule has 0 saturated carbocycles. The van der Waals surface area contributed by atoms with E-state index in [4.69, 9.17) is 11.5 Å². The molecular weight excluding hydrogens is 194 g/mol. The summed E-state index contributed by atoms with van der Waals surface area (Å²) in [5.74, 6) is 0. The summed E-state index contributed by atoms with van der Waals surface area (Å²) in [5.41, 5.74) is 10.2. The van der Waals surface area contributed by atoms with E-state index < -0.39 is 0 Å². The van der Waals surface area contributed by atoms with E-state index >= 15 is 0 Å². The molecule has 7 N–H and O–H groups in total. The van der Waals surface area contributed by atoms with Crippen LogP contribution in [-0.2, 0) is 0 Å². The molecule has 0 aliphatic heterocycles. The third-order valence-electron chi connectivity index (χ3n) is 0.206. The summed E-state index contributed by atoms with van der Waals surface area (Å²) >= 11 is 9.04. The maximum Gasteiger partial charge on any atom is 0.142 e. The summed E-state index contributed by atoms with van der Waals surface area (Å²) in [6.45, 7) is 0. The lowest BCUT2D eigenvalue weighted by molar-refractivity contribution is 1.90. The molecule has 0 aliphatic rings. The SMILES string of the molecule is N.NC(=S)SSC(N)=S. The van der Waals surface area contributed by atoms with Crippen LogP contribution in [0.5, 0.6) is 0 Å². The van der Waals surface area contributed by atoms with E-state index in [-0.39, 0.29) is 6.15 Å². The van der Waals surface area contributed by atoms with Crippen molar-refractivity contribution < 1.29 is 0 Å². The van der Waals surface area contributed by atoms with E-state index in [9.17, 15) is 0 Å². The van der Waals surface area contributed by atoms with Crippen molar-refractivity contribution in [2.45, 2.75) is 0 Å². The first-order chi connectivity index (χ1) is 3.63. The normalized spacial score (nSPS) is 7.56. The Balaban J connectivity index is 0. The quantitative estimate of drug-likeness (QED) is 0.398. The van der Waals surface area contributed by atoms with E-state index in [1.165, 1.54) is 21.6 Å². The van der Waals surface area contributed by atoms with Gasteiger partial charge in [0.05, 0.1) is 0 Å². The molecule has 0 unspecified atom stereocenters. The van der Waals surface area contributed by atoms with Crippen LogP contribution in [0.25, 0.3) is 0 Å². The minimum absolute atomic E-state index is 0. The number of nitrogens with two attached hydrogens (primary N) is 2. The summed E-state index contributed by atoms with van der Waals surface area (Å²) in [6, 6.07) is 0. The highest BCUT2D eigenvalue weighted by atomic mass is 33.1. The molecule has 0 rings (SSSR count). The molecule has 0 bridgehead atoms. The van der Waals surface area contributed by atoms with Gasteiger partial charge in [0.2, 0.25) is 0 Å². The standard InChI is InChI=1S/C2H4N2S4.H3N/c3-1(5)7-8-2(4)6;/h(H2,3,5)(H2,4,6);1H3. The first kappa shape index (κ1) is 12.1. The van der Waals surface area contributed by atoms with E-state index in [0.717, 1.165) is 0 Å². The van der Waals surface area contributed by atoms with Gasteiger partial charge in [-0.25, -0.2) is 0 Å². The largest absolute Gasteiger partial charge is 0.384 e. The van der Waals surface area contributed by atoms with Crippen molar-refractivity contribution in [2.75, 3.05) is 0 Å². The number of hydrogen-bond acceptors (Lipinski definition) is 5. The van der Waals surface area contributed by atoms with Gasteiger partial charge in [0.25, 0.3) is 0 Å². The van der Waals surface area contributed by atoms with Crippen molar-refractivity contribution in [1.29, 1.82) is 0 Å². The van der Waals surface area contributed by atoms with Crippen LogP contribution in [0.4, 0.5) is 0 Å². The van der Waals surface area contributed by atoms with Crippen LogP contribution >= 0.6 is 46.0 Å². The van der Waals surface area contributed by atoms with Gasteiger partial charge in [-0.15, -0.1) is 0 Å². The monoisotopic (exact) mass is 201 g/mol. The van der Waals surface area contributed by atoms with Crippen LogP contribution in [0, 0.1) is 0 Å². The molecule has 0 radical (unpaired) electrons. The lowest BCUT2D eigenvalue weighted by atomic mass is 11.5. The molecular formula is C2H7N3S4. The third-order valence-corrected chi connectivity index (χ3v) is 3.08. The van der Waals surface area contributed by atoms with E-state index in [2.05, 4.69) is 24.4 Å². The minimum Gasteiger partial charge on any atom is -0.384 e. The van der Waals surface area contributed by atoms with E-state index in [0.29, 0.717) is 8.64 Å². The fourth-order valence-electron chi connectivity index (χ4n) is 0.0821. The van der Waals surface area contributed by atoms with Gasteiger partial charge in [-0.2, -0.15) is 0 Å². The minimum atomic E-state index is 0. The lowest BCUT2D eigenvalue weighted by Gasteiger charge is -1.91. The van der Waals surface area contributed by atoms with Crippen LogP contribution in [0.3, 0.4) is 0 Å². The predicted molar refractivity (Wildman–Crippen MR) is 53.8 cm³/mol. The highest BCUT2D eigenvalue weighted by Crippen LogP contribution is 2.20. The maximum absolute atomic E-state index is 5.10. The molecule has 0 amide bonds. The molecule has 0 aromatic carbocycles. The lowest BCUT2D eigenvalue weighted by Crippen LogP contribution is -2.04. The van der Waals surface area contributed by atoms with Crippen molar-refractivity contribution >= 4 is 54.7 Å². The molecule has 0 fully saturated rings. The van der Waals surface area contributed by atoms with Crippen LogP contribution in [-0.4, -0.2) is 8.64 Å². The molecule has 7 heteroatoms. The molecule has 0 aromatic rings. The molecule has 0 aliphatic carbocycles. The Morgan fingerprint density at radius 3 is 1.33 bits per heavy atom. The van der Waals surface area contributed by atoms with Crippen molar-refractivity contribution in [3.05, 3.63) is 0 Å². The topological polar surface area (TPSA) is 87.0 Å². The van der Waals surface area contributed by atoms with Crippen LogP contribution < -0.4 is 17.6 Å². The fourth-order valence-corrected chi connectivity index (χ4v) is 1.35. The molecule has 0 atom stereocenters. The Labute approximate surface area is 72.3 Å². The van der Waals surface area contributed by atoms with Gasteiger partial charge < -0.3 is 17.6 Å². The van der Waals surface area contributed by atoms with Crippen molar-refractivity contribution in [3.63, 3.8) is 0 Å². The maximum atomic E-state index is 5.10. The second-order valence-corrected chi connectivity index (χ2v) is 4.41. The molecule has 0 spiro atoms. The molecule has 0 aromatic heterocycles. The predicted octanol–water partition coefficient (Wildman–Crippen LogP) is 1.02. The zero-order valence-corrected chi connectivity index (χ0v) is 7.76. The zero-order chi connectivity index (χ0) is 6.57. The van der Waals surface area contributed by atoms with Crippen molar-refractivity contribution in [3.8, 4) is 0 Å². The summed E-state index contributed by atoms with van der Waals surface area (Å²) in [5, 5.41) is 0. The van der Waals surface area contributed by atoms with E-state index in [1.807, 2.05) is 0 Å². The van der Waals surface area contributed by atoms with Crippen LogP contribution in [0.1, 0.15) is 0 Å². The van der Waals surface area contributed by atoms with Crippen molar-refractivity contribution in [2.24, 2.45) is 11.5 Å². The number of thiocarbonyl (C=S) groups is 2. The molecule has 3 nitrogen and oxygen atoms in total. The number of rotatable bonds is 0. The highest BCUT2D eigenvalue weighted by molar-refractivity contribution is 8.89. The summed E-state index contributed by atoms with van der Waals surface area (Å²) in [4.78, 5) is 0. The summed E-state index contributed by atoms with van der Waals surface area (Å²) in [7, 11) is 2.40. The molecule has 0 saturated heterocycles. The fraction of sp³-hybridized carbons (Fsp3) is 0. The van der Waals surface area contributed by atoms with E-state index in [1.54, 1.807) is 0 Å². The molecule has 54 valence electrons. The second-order valence-electron chi connectivity index (χ2n) is 0.805. The highest BCUT2D eigenvalue weighted by Gasteiger charge is 1.91. The van der Waals surface area contributed by atoms with Crippen LogP contribution in [0.2, 0.25) is 0 Å². The van der Waals surface area contributed by atoms with Gasteiger partial charge in [0, 0.05) is 0 Å². The van der Waals surface area contributed by atoms with Gasteiger partial charge in [-0.3, -0.25) is 0 Å². The summed E-state index contributed by atoms with van der Waals surface area (Å²) in [6.07, 6.45) is 0. The Bertz CT molecular complexity index is 98.4. The van der Waals surface area contributed by atoms with Gasteiger partial charge >= 0.3 is 0 Å². The third kappa shape index (κ3) is 11.8. The average Bonchev–Trinajstić information content (AvgIpc) is 1.61. The number of hydrogen-bond donors (Lipinski definition) is 3. The van der Waals surface area contributed by atoms with Gasteiger partial charge in [0.15, 0.2) is 0 Å². The first-order valence-electron chi connectivity index (χ1n) is 1.56. The molecule has 0 heterocycles. The Hall–Kier alpha value is 0.440. The first-order valence-corrected chi connectivity index (χ1v) is 4.53. The Kier molecular flexibility index (Phi) is 8.85. The zero-order valence-electron chi connectivity index (χ0n) is 4.49. The van der Waals surface area contributed by atoms with Crippen molar-refractivity contribution in [1.82, 2.24) is 6.15 Å². The smallest absolute Gasteiger partial charge is 0.142 e. The summed E-state index contributed by atoms with van der Waals surface area (Å²) < 4.78 is 0.700. The van der Waals surface area contributed by atoms with Gasteiger partial charge in [-0.05, 0) is 21.6 Å². The van der Waals surface area contributed by atoms with Crippen LogP contribution in [0.15, 0.2) is 0 Å². The Morgan fingerprint density at radius 1 is 1.00 bits per heavy atom. The van der Waals surface area contributed by atoms with Gasteiger partial charge in [-0.1, -0.05) is 24.4 Å². The second kappa shape index (κ2) is 6.56. The Morgan fingerprint density at radius 2 is 1.22 bits per heavy atom. The average molecular weight is 201 g/mol.